The molecule has 0 aliphatic rings. The summed E-state index contributed by atoms with van der Waals surface area (Å²) in [4.78, 5) is 21.3. The van der Waals surface area contributed by atoms with Gasteiger partial charge in [0, 0.05) is 64.4 Å². The lowest BCUT2D eigenvalue weighted by atomic mass is 9.97. The van der Waals surface area contributed by atoms with Crippen LogP contribution in [0.4, 0.5) is 0 Å². The van der Waals surface area contributed by atoms with Gasteiger partial charge in [-0.15, -0.1) is 22.7 Å². The fourth-order valence-electron chi connectivity index (χ4n) is 9.36. The number of thiazole rings is 1. The summed E-state index contributed by atoms with van der Waals surface area (Å²) in [5.41, 5.74) is 12.7. The van der Waals surface area contributed by atoms with E-state index in [1.165, 1.54) is 19.5 Å². The van der Waals surface area contributed by atoms with Crippen molar-refractivity contribution in [1.29, 1.82) is 0 Å². The minimum absolute atomic E-state index is 0.615. The van der Waals surface area contributed by atoms with Gasteiger partial charge in [-0.3, -0.25) is 0 Å². The summed E-state index contributed by atoms with van der Waals surface area (Å²) in [6, 6.07) is 75.0. The molecule has 0 amide bonds. The zero-order chi connectivity index (χ0) is 42.8. The Hall–Kier alpha value is -8.10. The Balaban J connectivity index is 0.990. The second kappa shape index (κ2) is 15.3. The van der Waals surface area contributed by atoms with Crippen LogP contribution in [0.1, 0.15) is 0 Å². The highest BCUT2D eigenvalue weighted by Gasteiger charge is 2.21. The first-order chi connectivity index (χ1) is 32.2. The SMILES string of the molecule is c1ccc(-c2nc3c(-c4cccc(-c5cccc(-c6nc(-c7cccc8sc9ccccc9c78)nc(-c7cccc8c7c7ccccc7n8-c7ccccc7)n6)c5)c4)cccc3s2)cc1. The molecule has 4 heterocycles. The Morgan fingerprint density at radius 3 is 1.66 bits per heavy atom. The molecule has 65 heavy (non-hydrogen) atoms. The third kappa shape index (κ3) is 6.35. The second-order valence-electron chi connectivity index (χ2n) is 16.2. The number of hydrogen-bond donors (Lipinski definition) is 0. The van der Waals surface area contributed by atoms with E-state index in [4.69, 9.17) is 19.9 Å². The highest BCUT2D eigenvalue weighted by Crippen LogP contribution is 2.42. The average molecular weight is 866 g/mol. The number of hydrogen-bond acceptors (Lipinski definition) is 6. The first-order valence-corrected chi connectivity index (χ1v) is 23.3. The number of rotatable bonds is 7. The lowest BCUT2D eigenvalue weighted by Gasteiger charge is -2.12. The van der Waals surface area contributed by atoms with Crippen molar-refractivity contribution in [3.8, 4) is 72.7 Å². The maximum absolute atomic E-state index is 5.41. The van der Waals surface area contributed by atoms with Crippen molar-refractivity contribution in [1.82, 2.24) is 24.5 Å². The molecule has 13 rings (SSSR count). The molecule has 0 aliphatic heterocycles. The summed E-state index contributed by atoms with van der Waals surface area (Å²) in [7, 11) is 0. The zero-order valence-electron chi connectivity index (χ0n) is 34.8. The van der Waals surface area contributed by atoms with Crippen molar-refractivity contribution in [2.24, 2.45) is 0 Å². The van der Waals surface area contributed by atoms with E-state index in [0.29, 0.717) is 17.5 Å². The van der Waals surface area contributed by atoms with Gasteiger partial charge in [0.05, 0.1) is 21.3 Å². The molecule has 13 aromatic rings. The first-order valence-electron chi connectivity index (χ1n) is 21.6. The predicted molar refractivity (Wildman–Crippen MR) is 273 cm³/mol. The molecule has 9 aromatic carbocycles. The molecule has 5 nitrogen and oxygen atoms in total. The predicted octanol–water partition coefficient (Wildman–Crippen LogP) is 15.9. The summed E-state index contributed by atoms with van der Waals surface area (Å²) in [6.45, 7) is 0. The first kappa shape index (κ1) is 37.5. The Morgan fingerprint density at radius 1 is 0.323 bits per heavy atom. The van der Waals surface area contributed by atoms with Gasteiger partial charge in [-0.25, -0.2) is 19.9 Å². The number of benzene rings is 9. The smallest absolute Gasteiger partial charge is 0.164 e. The summed E-state index contributed by atoms with van der Waals surface area (Å²) in [5, 5.41) is 5.63. The normalized spacial score (nSPS) is 11.7. The van der Waals surface area contributed by atoms with Gasteiger partial charge in [-0.2, -0.15) is 0 Å². The maximum atomic E-state index is 5.41. The number of nitrogens with zero attached hydrogens (tertiary/aromatic N) is 5. The van der Waals surface area contributed by atoms with Crippen molar-refractivity contribution in [3.63, 3.8) is 0 Å². The monoisotopic (exact) mass is 865 g/mol. The molecular weight excluding hydrogens is 831 g/mol. The van der Waals surface area contributed by atoms with Crippen molar-refractivity contribution in [3.05, 3.63) is 212 Å². The lowest BCUT2D eigenvalue weighted by Crippen LogP contribution is -2.01. The molecular formula is C58H35N5S2. The van der Waals surface area contributed by atoms with Crippen molar-refractivity contribution in [2.45, 2.75) is 0 Å². The minimum Gasteiger partial charge on any atom is -0.309 e. The summed E-state index contributed by atoms with van der Waals surface area (Å²) >= 11 is 3.53. The van der Waals surface area contributed by atoms with Gasteiger partial charge in [0.15, 0.2) is 17.5 Å². The van der Waals surface area contributed by atoms with Crippen molar-refractivity contribution in [2.75, 3.05) is 0 Å². The van der Waals surface area contributed by atoms with Crippen LogP contribution in [0.15, 0.2) is 212 Å². The number of fused-ring (bicyclic) bond motifs is 7. The Morgan fingerprint density at radius 2 is 0.862 bits per heavy atom. The summed E-state index contributed by atoms with van der Waals surface area (Å²) < 4.78 is 5.94. The molecule has 4 aromatic heterocycles. The second-order valence-corrected chi connectivity index (χ2v) is 18.3. The molecule has 0 aliphatic carbocycles. The fourth-order valence-corrected chi connectivity index (χ4v) is 11.5. The van der Waals surface area contributed by atoms with Crippen molar-refractivity contribution >= 4 is 74.9 Å². The fraction of sp³-hybridized carbons (Fsp3) is 0. The van der Waals surface area contributed by atoms with Gasteiger partial charge in [-0.05, 0) is 71.3 Å². The van der Waals surface area contributed by atoms with Crippen LogP contribution in [0.3, 0.4) is 0 Å². The van der Waals surface area contributed by atoms with Gasteiger partial charge in [0.2, 0.25) is 0 Å². The summed E-state index contributed by atoms with van der Waals surface area (Å²) in [5.74, 6) is 1.88. The third-order valence-corrected chi connectivity index (χ3v) is 14.5. The lowest BCUT2D eigenvalue weighted by molar-refractivity contribution is 1.08. The molecule has 0 fully saturated rings. The molecule has 0 saturated heterocycles. The molecule has 7 heteroatoms. The van der Waals surface area contributed by atoms with Gasteiger partial charge in [0.25, 0.3) is 0 Å². The standard InChI is InChI=1S/C58H35N5S2/c1-3-16-36(17-4-1)58-59-54-42(26-14-33-51(54)65-58)39-20-11-18-37(34-39)38-19-12-21-40(35-38)55-60-56(62-57(61-55)46-28-15-32-50-53(46)44-25-8-10-31-49(44)64-50)45-27-13-30-48-52(45)43-24-7-9-29-47(43)63(48)41-22-5-2-6-23-41/h1-35H. The van der Waals surface area contributed by atoms with E-state index >= 15 is 0 Å². The van der Waals surface area contributed by atoms with E-state index < -0.39 is 0 Å². The van der Waals surface area contributed by atoms with Crippen LogP contribution >= 0.6 is 22.7 Å². The van der Waals surface area contributed by atoms with Crippen LogP contribution in [0.5, 0.6) is 0 Å². The number of aromatic nitrogens is 5. The van der Waals surface area contributed by atoms with Crippen LogP contribution < -0.4 is 0 Å². The highest BCUT2D eigenvalue weighted by atomic mass is 32.1. The average Bonchev–Trinajstić information content (AvgIpc) is 4.09. The summed E-state index contributed by atoms with van der Waals surface area (Å²) in [6.07, 6.45) is 0. The Labute approximate surface area is 382 Å². The van der Waals surface area contributed by atoms with Gasteiger partial charge in [-0.1, -0.05) is 158 Å². The molecule has 304 valence electrons. The maximum Gasteiger partial charge on any atom is 0.164 e. The Bertz CT molecular complexity index is 3960. The van der Waals surface area contributed by atoms with Crippen LogP contribution in [0.25, 0.3) is 125 Å². The van der Waals surface area contributed by atoms with E-state index in [-0.39, 0.29) is 0 Å². The largest absolute Gasteiger partial charge is 0.309 e. The zero-order valence-corrected chi connectivity index (χ0v) is 36.4. The highest BCUT2D eigenvalue weighted by molar-refractivity contribution is 7.26. The third-order valence-electron chi connectivity index (χ3n) is 12.3. The van der Waals surface area contributed by atoms with E-state index in [1.807, 2.05) is 6.07 Å². The van der Waals surface area contributed by atoms with Crippen LogP contribution in [0.2, 0.25) is 0 Å². The molecule has 0 atom stereocenters. The van der Waals surface area contributed by atoms with E-state index in [1.54, 1.807) is 22.7 Å². The minimum atomic E-state index is 0.615. The van der Waals surface area contributed by atoms with E-state index in [0.717, 1.165) is 87.9 Å². The molecule has 0 saturated carbocycles. The van der Waals surface area contributed by atoms with Gasteiger partial charge in [0.1, 0.15) is 5.01 Å². The van der Waals surface area contributed by atoms with Crippen molar-refractivity contribution < 1.29 is 0 Å². The molecule has 0 radical (unpaired) electrons. The quantitative estimate of drug-likeness (QED) is 0.160. The molecule has 0 bridgehead atoms. The number of thiophene rings is 1. The van der Waals surface area contributed by atoms with Gasteiger partial charge >= 0.3 is 0 Å². The number of para-hydroxylation sites is 3. The van der Waals surface area contributed by atoms with E-state index in [2.05, 4.69) is 211 Å². The van der Waals surface area contributed by atoms with Crippen LogP contribution in [0, 0.1) is 0 Å². The van der Waals surface area contributed by atoms with E-state index in [9.17, 15) is 0 Å². The van der Waals surface area contributed by atoms with Crippen LogP contribution in [-0.4, -0.2) is 24.5 Å². The molecule has 0 N–H and O–H groups in total. The van der Waals surface area contributed by atoms with Crippen LogP contribution in [-0.2, 0) is 0 Å². The molecule has 0 spiro atoms. The molecule has 0 unspecified atom stereocenters. The van der Waals surface area contributed by atoms with Gasteiger partial charge < -0.3 is 4.57 Å². The topological polar surface area (TPSA) is 56.5 Å². The Kier molecular flexibility index (Phi) is 8.82.